The van der Waals surface area contributed by atoms with Gasteiger partial charge in [-0.3, -0.25) is 4.79 Å². The molecule has 0 unspecified atom stereocenters. The molecule has 3 rings (SSSR count). The first-order valence-corrected chi connectivity index (χ1v) is 11.4. The standard InChI is InChI=1S/C19H22N2O6S2/c1-26-16-7-6-14(11-17(16)29(24,25)21-8-2-3-9-21)19(23)27-13-18(22)20-12-15-5-4-10-28-15/h4-7,10-11H,2-3,8-9,12-13H2,1H3,(H,20,22). The SMILES string of the molecule is COc1ccc(C(=O)OCC(=O)NCc2cccs2)cc1S(=O)(=O)N1CCCC1. The minimum atomic E-state index is -3.78. The first-order chi connectivity index (χ1) is 13.9. The van der Waals surface area contributed by atoms with Gasteiger partial charge in [0.25, 0.3) is 5.91 Å². The average Bonchev–Trinajstić information content (AvgIpc) is 3.44. The van der Waals surface area contributed by atoms with E-state index in [-0.39, 0.29) is 16.2 Å². The average molecular weight is 439 g/mol. The van der Waals surface area contributed by atoms with Crippen LogP contribution in [0.5, 0.6) is 5.75 Å². The molecule has 156 valence electrons. The molecule has 0 saturated carbocycles. The summed E-state index contributed by atoms with van der Waals surface area (Å²) in [7, 11) is -2.41. The summed E-state index contributed by atoms with van der Waals surface area (Å²) in [5.41, 5.74) is 0.0367. The quantitative estimate of drug-likeness (QED) is 0.633. The molecule has 1 aromatic heterocycles. The number of ether oxygens (including phenoxy) is 2. The number of methoxy groups -OCH3 is 1. The predicted octanol–water partition coefficient (Wildman–Crippen LogP) is 2.01. The van der Waals surface area contributed by atoms with Crippen molar-refractivity contribution in [3.8, 4) is 5.75 Å². The smallest absolute Gasteiger partial charge is 0.338 e. The van der Waals surface area contributed by atoms with Crippen molar-refractivity contribution in [1.82, 2.24) is 9.62 Å². The molecule has 8 nitrogen and oxygen atoms in total. The van der Waals surface area contributed by atoms with E-state index in [1.807, 2.05) is 17.5 Å². The van der Waals surface area contributed by atoms with E-state index in [0.29, 0.717) is 19.6 Å². The Balaban J connectivity index is 1.66. The van der Waals surface area contributed by atoms with Gasteiger partial charge in [0.05, 0.1) is 19.2 Å². The highest BCUT2D eigenvalue weighted by Gasteiger charge is 2.30. The van der Waals surface area contributed by atoms with Gasteiger partial charge < -0.3 is 14.8 Å². The van der Waals surface area contributed by atoms with Gasteiger partial charge in [0.1, 0.15) is 10.6 Å². The van der Waals surface area contributed by atoms with Crippen LogP contribution in [0.4, 0.5) is 0 Å². The Morgan fingerprint density at radius 1 is 1.21 bits per heavy atom. The summed E-state index contributed by atoms with van der Waals surface area (Å²) in [6.07, 6.45) is 1.59. The lowest BCUT2D eigenvalue weighted by atomic mass is 10.2. The number of nitrogens with one attached hydrogen (secondary N) is 1. The van der Waals surface area contributed by atoms with Gasteiger partial charge >= 0.3 is 5.97 Å². The van der Waals surface area contributed by atoms with Crippen molar-refractivity contribution in [1.29, 1.82) is 0 Å². The fraction of sp³-hybridized carbons (Fsp3) is 0.368. The number of thiophene rings is 1. The second-order valence-corrected chi connectivity index (χ2v) is 9.35. The summed E-state index contributed by atoms with van der Waals surface area (Å²) >= 11 is 1.51. The molecular weight excluding hydrogens is 416 g/mol. The zero-order chi connectivity index (χ0) is 20.9. The molecule has 1 amide bonds. The minimum Gasteiger partial charge on any atom is -0.495 e. The van der Waals surface area contributed by atoms with E-state index in [9.17, 15) is 18.0 Å². The summed E-state index contributed by atoms with van der Waals surface area (Å²) in [5.74, 6) is -1.07. The van der Waals surface area contributed by atoms with Gasteiger partial charge in [-0.2, -0.15) is 4.31 Å². The van der Waals surface area contributed by atoms with Crippen molar-refractivity contribution >= 4 is 33.2 Å². The zero-order valence-electron chi connectivity index (χ0n) is 15.9. The number of esters is 1. The van der Waals surface area contributed by atoms with Crippen LogP contribution in [0.25, 0.3) is 0 Å². The second-order valence-electron chi connectivity index (χ2n) is 6.41. The number of sulfonamides is 1. The molecule has 1 aromatic carbocycles. The van der Waals surface area contributed by atoms with Crippen LogP contribution in [0.3, 0.4) is 0 Å². The van der Waals surface area contributed by atoms with Gasteiger partial charge in [0, 0.05) is 18.0 Å². The van der Waals surface area contributed by atoms with E-state index in [2.05, 4.69) is 5.32 Å². The first kappa shape index (κ1) is 21.3. The fourth-order valence-corrected chi connectivity index (χ4v) is 5.28. The summed E-state index contributed by atoms with van der Waals surface area (Å²) in [5, 5.41) is 4.56. The van der Waals surface area contributed by atoms with E-state index >= 15 is 0 Å². The Hall–Kier alpha value is -2.43. The van der Waals surface area contributed by atoms with Crippen LogP contribution < -0.4 is 10.1 Å². The third kappa shape index (κ3) is 5.14. The van der Waals surface area contributed by atoms with Crippen molar-refractivity contribution in [2.75, 3.05) is 26.8 Å². The molecule has 0 aliphatic carbocycles. The van der Waals surface area contributed by atoms with Gasteiger partial charge in [0.2, 0.25) is 10.0 Å². The maximum absolute atomic E-state index is 12.9. The molecule has 0 radical (unpaired) electrons. The predicted molar refractivity (Wildman–Crippen MR) is 107 cm³/mol. The number of nitrogens with zero attached hydrogens (tertiary/aromatic N) is 1. The van der Waals surface area contributed by atoms with Crippen molar-refractivity contribution in [2.24, 2.45) is 0 Å². The van der Waals surface area contributed by atoms with Crippen molar-refractivity contribution in [2.45, 2.75) is 24.3 Å². The molecule has 1 fully saturated rings. The molecule has 0 bridgehead atoms. The number of benzene rings is 1. The van der Waals surface area contributed by atoms with Crippen LogP contribution in [-0.2, 0) is 26.1 Å². The topological polar surface area (TPSA) is 102 Å². The number of amides is 1. The first-order valence-electron chi connectivity index (χ1n) is 9.06. The summed E-state index contributed by atoms with van der Waals surface area (Å²) in [6, 6.07) is 7.82. The molecule has 1 saturated heterocycles. The third-order valence-electron chi connectivity index (χ3n) is 4.46. The van der Waals surface area contributed by atoms with E-state index in [0.717, 1.165) is 17.7 Å². The fourth-order valence-electron chi connectivity index (χ4n) is 2.94. The van der Waals surface area contributed by atoms with Crippen LogP contribution >= 0.6 is 11.3 Å². The molecule has 0 atom stereocenters. The summed E-state index contributed by atoms with van der Waals surface area (Å²) < 4.78 is 37.3. The Morgan fingerprint density at radius 2 is 1.97 bits per heavy atom. The molecule has 1 aliphatic heterocycles. The third-order valence-corrected chi connectivity index (χ3v) is 7.25. The number of hydrogen-bond donors (Lipinski definition) is 1. The number of carbonyl (C=O) groups excluding carboxylic acids is 2. The number of carbonyl (C=O) groups is 2. The maximum Gasteiger partial charge on any atom is 0.338 e. The number of rotatable bonds is 8. The highest BCUT2D eigenvalue weighted by molar-refractivity contribution is 7.89. The second kappa shape index (κ2) is 9.38. The van der Waals surface area contributed by atoms with E-state index in [1.165, 1.54) is 41.0 Å². The highest BCUT2D eigenvalue weighted by Crippen LogP contribution is 2.30. The Kier molecular flexibility index (Phi) is 6.88. The van der Waals surface area contributed by atoms with Crippen LogP contribution in [0.1, 0.15) is 28.1 Å². The van der Waals surface area contributed by atoms with Gasteiger partial charge in [-0.05, 0) is 42.5 Å². The van der Waals surface area contributed by atoms with Crippen LogP contribution in [-0.4, -0.2) is 51.4 Å². The van der Waals surface area contributed by atoms with Crippen LogP contribution in [0.15, 0.2) is 40.6 Å². The van der Waals surface area contributed by atoms with Gasteiger partial charge in [-0.1, -0.05) is 6.07 Å². The van der Waals surface area contributed by atoms with E-state index < -0.39 is 28.5 Å². The van der Waals surface area contributed by atoms with E-state index in [4.69, 9.17) is 9.47 Å². The number of hydrogen-bond acceptors (Lipinski definition) is 7. The van der Waals surface area contributed by atoms with Crippen LogP contribution in [0, 0.1) is 0 Å². The Labute approximate surface area is 173 Å². The van der Waals surface area contributed by atoms with Gasteiger partial charge in [0.15, 0.2) is 6.61 Å². The van der Waals surface area contributed by atoms with Crippen molar-refractivity contribution < 1.29 is 27.5 Å². The van der Waals surface area contributed by atoms with Gasteiger partial charge in [-0.25, -0.2) is 13.2 Å². The lowest BCUT2D eigenvalue weighted by Gasteiger charge is -2.18. The Bertz CT molecular complexity index is 967. The van der Waals surface area contributed by atoms with Crippen molar-refractivity contribution in [3.05, 3.63) is 46.2 Å². The molecule has 0 spiro atoms. The van der Waals surface area contributed by atoms with Crippen LogP contribution in [0.2, 0.25) is 0 Å². The molecule has 2 heterocycles. The lowest BCUT2D eigenvalue weighted by Crippen LogP contribution is -2.29. The molecular formula is C19H22N2O6S2. The normalized spacial score (nSPS) is 14.5. The largest absolute Gasteiger partial charge is 0.495 e. The van der Waals surface area contributed by atoms with E-state index in [1.54, 1.807) is 0 Å². The minimum absolute atomic E-state index is 0.0367. The lowest BCUT2D eigenvalue weighted by molar-refractivity contribution is -0.124. The summed E-state index contributed by atoms with van der Waals surface area (Å²) in [4.78, 5) is 25.1. The molecule has 1 N–H and O–H groups in total. The maximum atomic E-state index is 12.9. The monoisotopic (exact) mass is 438 g/mol. The molecule has 10 heteroatoms. The molecule has 2 aromatic rings. The summed E-state index contributed by atoms with van der Waals surface area (Å²) in [6.45, 7) is 0.772. The molecule has 1 aliphatic rings. The van der Waals surface area contributed by atoms with Gasteiger partial charge in [-0.15, -0.1) is 11.3 Å². The highest BCUT2D eigenvalue weighted by atomic mass is 32.2. The Morgan fingerprint density at radius 3 is 2.62 bits per heavy atom. The zero-order valence-corrected chi connectivity index (χ0v) is 17.6. The molecule has 29 heavy (non-hydrogen) atoms. The van der Waals surface area contributed by atoms with Crippen molar-refractivity contribution in [3.63, 3.8) is 0 Å².